The van der Waals surface area contributed by atoms with Crippen molar-refractivity contribution in [3.05, 3.63) is 53.7 Å². The Morgan fingerprint density at radius 1 is 1.12 bits per heavy atom. The molecule has 2 aromatic carbocycles. The highest BCUT2D eigenvalue weighted by Gasteiger charge is 2.20. The Bertz CT molecular complexity index is 1150. The highest BCUT2D eigenvalue weighted by molar-refractivity contribution is 6.32. The summed E-state index contributed by atoms with van der Waals surface area (Å²) in [5.74, 6) is 1.59. The molecule has 9 nitrogen and oxygen atoms in total. The first-order chi connectivity index (χ1) is 15.9. The van der Waals surface area contributed by atoms with Gasteiger partial charge in [0.2, 0.25) is 11.9 Å². The minimum Gasteiger partial charge on any atom is -0.494 e. The Kier molecular flexibility index (Phi) is 6.69. The first kappa shape index (κ1) is 22.5. The average molecular weight is 468 g/mol. The highest BCUT2D eigenvalue weighted by atomic mass is 35.5. The van der Waals surface area contributed by atoms with E-state index in [2.05, 4.69) is 25.5 Å². The number of amides is 1. The predicted octanol–water partition coefficient (Wildman–Crippen LogP) is 3.88. The van der Waals surface area contributed by atoms with Crippen LogP contribution in [-0.2, 0) is 4.79 Å². The number of nitrogens with one attached hydrogen (secondary N) is 2. The third-order valence-corrected chi connectivity index (χ3v) is 5.69. The van der Waals surface area contributed by atoms with Crippen LogP contribution in [0.2, 0.25) is 5.02 Å². The number of anilines is 6. The van der Waals surface area contributed by atoms with Crippen molar-refractivity contribution in [1.29, 1.82) is 0 Å². The van der Waals surface area contributed by atoms with Gasteiger partial charge in [0.1, 0.15) is 10.8 Å². The van der Waals surface area contributed by atoms with Gasteiger partial charge in [0.15, 0.2) is 5.82 Å². The number of nitrogen functional groups attached to an aromatic ring is 1. The summed E-state index contributed by atoms with van der Waals surface area (Å²) in [6.07, 6.45) is 1.53. The molecule has 2 heterocycles. The van der Waals surface area contributed by atoms with E-state index in [0.29, 0.717) is 41.3 Å². The van der Waals surface area contributed by atoms with E-state index in [4.69, 9.17) is 22.1 Å². The minimum atomic E-state index is 0.110. The lowest BCUT2D eigenvalue weighted by Crippen LogP contribution is -2.48. The van der Waals surface area contributed by atoms with Crippen LogP contribution in [0, 0.1) is 0 Å². The number of rotatable bonds is 6. The number of piperazine rings is 1. The molecule has 0 radical (unpaired) electrons. The maximum absolute atomic E-state index is 11.6. The lowest BCUT2D eigenvalue weighted by Gasteiger charge is -2.35. The molecule has 33 heavy (non-hydrogen) atoms. The van der Waals surface area contributed by atoms with E-state index in [1.54, 1.807) is 26.2 Å². The zero-order chi connectivity index (χ0) is 23.4. The molecule has 1 aromatic heterocycles. The Hall–Kier alpha value is -3.72. The summed E-state index contributed by atoms with van der Waals surface area (Å²) >= 11 is 6.28. The lowest BCUT2D eigenvalue weighted by atomic mass is 10.2. The second-order valence-electron chi connectivity index (χ2n) is 7.64. The van der Waals surface area contributed by atoms with Crippen molar-refractivity contribution in [1.82, 2.24) is 14.9 Å². The van der Waals surface area contributed by atoms with Gasteiger partial charge in [-0.1, -0.05) is 17.7 Å². The van der Waals surface area contributed by atoms with E-state index in [9.17, 15) is 4.79 Å². The Labute approximate surface area is 197 Å². The normalized spacial score (nSPS) is 13.5. The second kappa shape index (κ2) is 9.83. The molecule has 3 aromatic rings. The van der Waals surface area contributed by atoms with Crippen molar-refractivity contribution in [2.24, 2.45) is 0 Å². The van der Waals surface area contributed by atoms with Crippen molar-refractivity contribution in [2.45, 2.75) is 6.92 Å². The van der Waals surface area contributed by atoms with Gasteiger partial charge in [-0.2, -0.15) is 4.98 Å². The maximum Gasteiger partial charge on any atom is 0.229 e. The second-order valence-corrected chi connectivity index (χ2v) is 8.05. The van der Waals surface area contributed by atoms with Gasteiger partial charge in [0.25, 0.3) is 0 Å². The van der Waals surface area contributed by atoms with Crippen LogP contribution in [0.5, 0.6) is 5.75 Å². The van der Waals surface area contributed by atoms with Crippen LogP contribution in [0.4, 0.5) is 34.5 Å². The number of hydrogen-bond acceptors (Lipinski definition) is 8. The molecule has 1 amide bonds. The summed E-state index contributed by atoms with van der Waals surface area (Å²) in [6, 6.07) is 13.2. The van der Waals surface area contributed by atoms with Gasteiger partial charge in [0, 0.05) is 56.2 Å². The predicted molar refractivity (Wildman–Crippen MR) is 132 cm³/mol. The molecule has 4 N–H and O–H groups in total. The van der Waals surface area contributed by atoms with Crippen molar-refractivity contribution < 1.29 is 9.53 Å². The van der Waals surface area contributed by atoms with Crippen molar-refractivity contribution >= 4 is 52.0 Å². The minimum absolute atomic E-state index is 0.110. The molecule has 4 rings (SSSR count). The molecule has 0 spiro atoms. The quantitative estimate of drug-likeness (QED) is 0.469. The van der Waals surface area contributed by atoms with E-state index >= 15 is 0 Å². The molecule has 10 heteroatoms. The topological polar surface area (TPSA) is 109 Å². The molecule has 0 saturated carbocycles. The maximum atomic E-state index is 11.6. The summed E-state index contributed by atoms with van der Waals surface area (Å²) < 4.78 is 5.61. The van der Waals surface area contributed by atoms with E-state index in [1.807, 2.05) is 35.2 Å². The number of halogens is 1. The number of hydrogen-bond donors (Lipinski definition) is 3. The Balaban J connectivity index is 1.50. The molecular weight excluding hydrogens is 442 g/mol. The van der Waals surface area contributed by atoms with Crippen LogP contribution in [0.15, 0.2) is 48.7 Å². The van der Waals surface area contributed by atoms with Gasteiger partial charge in [-0.15, -0.1) is 0 Å². The van der Waals surface area contributed by atoms with Gasteiger partial charge in [-0.3, -0.25) is 4.79 Å². The van der Waals surface area contributed by atoms with Gasteiger partial charge in [-0.05, 0) is 30.3 Å². The third-order valence-electron chi connectivity index (χ3n) is 5.42. The summed E-state index contributed by atoms with van der Waals surface area (Å²) in [4.78, 5) is 24.4. The SMILES string of the molecule is COc1cc(N2CCN(C(C)=O)CC2)ccc1Nc1ncc(Cl)c(Nc2cccc(N)c2)n1. The molecule has 1 saturated heterocycles. The largest absolute Gasteiger partial charge is 0.494 e. The van der Waals surface area contributed by atoms with Crippen LogP contribution < -0.4 is 26.0 Å². The molecule has 0 bridgehead atoms. The standard InChI is InChI=1S/C23H26ClN7O2/c1-15(32)30-8-10-31(11-9-30)18-6-7-20(21(13-18)33-2)28-23-26-14-19(24)22(29-23)27-17-5-3-4-16(25)12-17/h3-7,12-14H,8-11,25H2,1-2H3,(H2,26,27,28,29). The molecule has 1 aliphatic heterocycles. The fourth-order valence-corrected chi connectivity index (χ4v) is 3.79. The zero-order valence-electron chi connectivity index (χ0n) is 18.5. The van der Waals surface area contributed by atoms with Gasteiger partial charge < -0.3 is 30.9 Å². The number of benzene rings is 2. The first-order valence-corrected chi connectivity index (χ1v) is 10.9. The Morgan fingerprint density at radius 2 is 1.91 bits per heavy atom. The van der Waals surface area contributed by atoms with Gasteiger partial charge in [0.05, 0.1) is 19.0 Å². The van der Waals surface area contributed by atoms with Crippen LogP contribution in [0.25, 0.3) is 0 Å². The summed E-state index contributed by atoms with van der Waals surface area (Å²) in [5, 5.41) is 6.75. The lowest BCUT2D eigenvalue weighted by molar-refractivity contribution is -0.129. The zero-order valence-corrected chi connectivity index (χ0v) is 19.3. The molecule has 1 fully saturated rings. The summed E-state index contributed by atoms with van der Waals surface area (Å²) in [5.41, 5.74) is 9.01. The smallest absolute Gasteiger partial charge is 0.229 e. The average Bonchev–Trinajstić information content (AvgIpc) is 2.81. The monoisotopic (exact) mass is 467 g/mol. The van der Waals surface area contributed by atoms with Crippen molar-refractivity contribution in [3.63, 3.8) is 0 Å². The number of aromatic nitrogens is 2. The summed E-state index contributed by atoms with van der Waals surface area (Å²) in [6.45, 7) is 4.57. The van der Waals surface area contributed by atoms with Crippen LogP contribution in [0.1, 0.15) is 6.92 Å². The third kappa shape index (κ3) is 5.38. The number of carbonyl (C=O) groups excluding carboxylic acids is 1. The fourth-order valence-electron chi connectivity index (χ4n) is 3.65. The molecular formula is C23H26ClN7O2. The number of ether oxygens (including phenoxy) is 1. The van der Waals surface area contributed by atoms with E-state index in [1.165, 1.54) is 6.20 Å². The van der Waals surface area contributed by atoms with Crippen molar-refractivity contribution in [3.8, 4) is 5.75 Å². The molecule has 172 valence electrons. The van der Waals surface area contributed by atoms with Crippen LogP contribution >= 0.6 is 11.6 Å². The number of carbonyl (C=O) groups is 1. The van der Waals surface area contributed by atoms with E-state index < -0.39 is 0 Å². The number of nitrogens with zero attached hydrogens (tertiary/aromatic N) is 4. The van der Waals surface area contributed by atoms with Gasteiger partial charge >= 0.3 is 0 Å². The Morgan fingerprint density at radius 3 is 2.61 bits per heavy atom. The van der Waals surface area contributed by atoms with Crippen molar-refractivity contribution in [2.75, 3.05) is 54.6 Å². The van der Waals surface area contributed by atoms with E-state index in [-0.39, 0.29) is 5.91 Å². The molecule has 0 atom stereocenters. The fraction of sp³-hybridized carbons (Fsp3) is 0.261. The number of methoxy groups -OCH3 is 1. The molecule has 1 aliphatic rings. The molecule has 0 unspecified atom stereocenters. The molecule has 0 aliphatic carbocycles. The first-order valence-electron chi connectivity index (χ1n) is 10.5. The number of nitrogens with two attached hydrogens (primary N) is 1. The van der Waals surface area contributed by atoms with Crippen LogP contribution in [0.3, 0.4) is 0 Å². The summed E-state index contributed by atoms with van der Waals surface area (Å²) in [7, 11) is 1.62. The van der Waals surface area contributed by atoms with Gasteiger partial charge in [-0.25, -0.2) is 4.98 Å². The van der Waals surface area contributed by atoms with E-state index in [0.717, 1.165) is 30.2 Å². The van der Waals surface area contributed by atoms with Crippen LogP contribution in [-0.4, -0.2) is 54.1 Å². The highest BCUT2D eigenvalue weighted by Crippen LogP contribution is 2.33.